The molecule has 0 unspecified atom stereocenters. The molecule has 0 aliphatic carbocycles. The predicted octanol–water partition coefficient (Wildman–Crippen LogP) is 4.22. The Morgan fingerprint density at radius 1 is 0.929 bits per heavy atom. The maximum atomic E-state index is 12.6. The molecule has 0 heterocycles. The van der Waals surface area contributed by atoms with Crippen LogP contribution in [0.15, 0.2) is 66.7 Å². The van der Waals surface area contributed by atoms with Crippen LogP contribution < -0.4 is 4.74 Å². The lowest BCUT2D eigenvalue weighted by Gasteiger charge is -2.25. The summed E-state index contributed by atoms with van der Waals surface area (Å²) in [6, 6.07) is 20.4. The van der Waals surface area contributed by atoms with Gasteiger partial charge in [0.05, 0.1) is 18.7 Å². The van der Waals surface area contributed by atoms with Gasteiger partial charge in [-0.2, -0.15) is 0 Å². The number of rotatable bonds is 6. The number of carbonyl (C=O) groups is 2. The zero-order valence-corrected chi connectivity index (χ0v) is 16.2. The Balaban J connectivity index is 1.70. The highest BCUT2D eigenvalue weighted by Crippen LogP contribution is 2.28. The molecular formula is C23H23NO4. The Labute approximate surface area is 164 Å². The highest BCUT2D eigenvalue weighted by molar-refractivity contribution is 6.06. The van der Waals surface area contributed by atoms with Gasteiger partial charge in [-0.05, 0) is 30.0 Å². The average molecular weight is 377 g/mol. The fourth-order valence-corrected chi connectivity index (χ4v) is 3.11. The van der Waals surface area contributed by atoms with Crippen molar-refractivity contribution in [2.75, 3.05) is 20.8 Å². The Kier molecular flexibility index (Phi) is 5.94. The molecule has 0 spiro atoms. The molecule has 0 saturated carbocycles. The second-order valence-electron chi connectivity index (χ2n) is 6.53. The molecule has 3 aromatic rings. The van der Waals surface area contributed by atoms with E-state index in [4.69, 9.17) is 9.47 Å². The smallest absolute Gasteiger partial charge is 0.339 e. The van der Waals surface area contributed by atoms with Gasteiger partial charge in [0, 0.05) is 12.4 Å². The summed E-state index contributed by atoms with van der Waals surface area (Å²) < 4.78 is 10.7. The number of ether oxygens (including phenoxy) is 2. The van der Waals surface area contributed by atoms with Crippen LogP contribution in [0, 0.1) is 0 Å². The minimum atomic E-state index is -0.534. The summed E-state index contributed by atoms with van der Waals surface area (Å²) in [5.74, 6) is -0.116. The van der Waals surface area contributed by atoms with Gasteiger partial charge in [-0.1, -0.05) is 54.6 Å². The molecule has 3 aromatic carbocycles. The molecule has 1 atom stereocenters. The van der Waals surface area contributed by atoms with Crippen molar-refractivity contribution in [1.29, 1.82) is 0 Å². The first-order valence-electron chi connectivity index (χ1n) is 9.06. The molecule has 5 nitrogen and oxygen atoms in total. The first-order chi connectivity index (χ1) is 13.5. The van der Waals surface area contributed by atoms with Crippen LogP contribution in [0.5, 0.6) is 5.75 Å². The average Bonchev–Trinajstić information content (AvgIpc) is 2.75. The number of carbonyl (C=O) groups excluding carboxylic acids is 2. The van der Waals surface area contributed by atoms with E-state index in [1.54, 1.807) is 31.2 Å². The lowest BCUT2D eigenvalue weighted by Crippen LogP contribution is -2.33. The Hall–Kier alpha value is -3.34. The number of likely N-dealkylation sites (N-methyl/N-ethyl adjacent to an activating group) is 1. The number of amides is 1. The number of hydrogen-bond acceptors (Lipinski definition) is 4. The van der Waals surface area contributed by atoms with E-state index in [0.29, 0.717) is 11.3 Å². The van der Waals surface area contributed by atoms with Gasteiger partial charge >= 0.3 is 5.97 Å². The van der Waals surface area contributed by atoms with Crippen molar-refractivity contribution < 1.29 is 19.1 Å². The van der Waals surface area contributed by atoms with Gasteiger partial charge in [0.25, 0.3) is 5.91 Å². The highest BCUT2D eigenvalue weighted by atomic mass is 16.5. The zero-order valence-electron chi connectivity index (χ0n) is 16.2. The Morgan fingerprint density at radius 2 is 1.57 bits per heavy atom. The molecule has 0 aliphatic heterocycles. The summed E-state index contributed by atoms with van der Waals surface area (Å²) in [5, 5.41) is 1.55. The quantitative estimate of drug-likeness (QED) is 0.604. The molecule has 28 heavy (non-hydrogen) atoms. The van der Waals surface area contributed by atoms with Crippen LogP contribution in [0.4, 0.5) is 0 Å². The maximum absolute atomic E-state index is 12.6. The van der Waals surface area contributed by atoms with E-state index in [9.17, 15) is 9.59 Å². The third-order valence-electron chi connectivity index (χ3n) is 4.91. The van der Waals surface area contributed by atoms with Crippen LogP contribution in [-0.2, 0) is 9.53 Å². The molecule has 5 heteroatoms. The summed E-state index contributed by atoms with van der Waals surface area (Å²) in [7, 11) is 3.29. The van der Waals surface area contributed by atoms with E-state index in [2.05, 4.69) is 0 Å². The fraction of sp³-hybridized carbons (Fsp3) is 0.217. The second-order valence-corrected chi connectivity index (χ2v) is 6.53. The minimum Gasteiger partial charge on any atom is -0.496 e. The molecule has 0 fully saturated rings. The van der Waals surface area contributed by atoms with Crippen molar-refractivity contribution in [2.45, 2.75) is 13.0 Å². The first-order valence-corrected chi connectivity index (χ1v) is 9.06. The summed E-state index contributed by atoms with van der Waals surface area (Å²) in [6.45, 7) is 1.62. The lowest BCUT2D eigenvalue weighted by molar-refractivity contribution is -0.135. The van der Waals surface area contributed by atoms with Gasteiger partial charge < -0.3 is 14.4 Å². The minimum absolute atomic E-state index is 0.116. The number of nitrogens with zero attached hydrogens (tertiary/aromatic N) is 1. The molecule has 1 amide bonds. The van der Waals surface area contributed by atoms with E-state index < -0.39 is 5.97 Å². The zero-order chi connectivity index (χ0) is 20.1. The molecule has 0 N–H and O–H groups in total. The van der Waals surface area contributed by atoms with Crippen molar-refractivity contribution in [1.82, 2.24) is 4.90 Å². The standard InChI is InChI=1S/C23H23NO4/c1-16(17-9-5-4-6-10-17)24(2)22(25)15-28-23(26)20-13-14-21(27-3)19-12-8-7-11-18(19)20/h4-14,16H,15H2,1-3H3/t16-/m1/s1. The highest BCUT2D eigenvalue weighted by Gasteiger charge is 2.20. The number of hydrogen-bond donors (Lipinski definition) is 0. The van der Waals surface area contributed by atoms with Crippen molar-refractivity contribution in [2.24, 2.45) is 0 Å². The number of benzene rings is 3. The van der Waals surface area contributed by atoms with Crippen LogP contribution in [0.25, 0.3) is 10.8 Å². The van der Waals surface area contributed by atoms with Crippen LogP contribution in [0.1, 0.15) is 28.9 Å². The molecule has 0 aromatic heterocycles. The summed E-state index contributed by atoms with van der Waals surface area (Å²) in [6.07, 6.45) is 0. The van der Waals surface area contributed by atoms with E-state index >= 15 is 0 Å². The summed E-state index contributed by atoms with van der Waals surface area (Å²) in [5.41, 5.74) is 1.42. The summed E-state index contributed by atoms with van der Waals surface area (Å²) in [4.78, 5) is 26.7. The van der Waals surface area contributed by atoms with Gasteiger partial charge in [0.15, 0.2) is 6.61 Å². The van der Waals surface area contributed by atoms with Crippen molar-refractivity contribution in [3.63, 3.8) is 0 Å². The van der Waals surface area contributed by atoms with Crippen molar-refractivity contribution >= 4 is 22.6 Å². The van der Waals surface area contributed by atoms with Crippen molar-refractivity contribution in [3.8, 4) is 5.75 Å². The van der Waals surface area contributed by atoms with Crippen molar-refractivity contribution in [3.05, 3.63) is 77.9 Å². The molecule has 3 rings (SSSR count). The molecule has 0 radical (unpaired) electrons. The Morgan fingerprint density at radius 3 is 2.25 bits per heavy atom. The molecule has 0 saturated heterocycles. The first kappa shape index (κ1) is 19.4. The Bertz CT molecular complexity index is 984. The lowest BCUT2D eigenvalue weighted by atomic mass is 10.0. The predicted molar refractivity (Wildman–Crippen MR) is 108 cm³/mol. The molecule has 144 valence electrons. The number of methoxy groups -OCH3 is 1. The molecule has 0 bridgehead atoms. The van der Waals surface area contributed by atoms with E-state index in [1.807, 2.05) is 61.5 Å². The molecule has 0 aliphatic rings. The van der Waals surface area contributed by atoms with Crippen LogP contribution >= 0.6 is 0 Å². The van der Waals surface area contributed by atoms with Gasteiger partial charge in [-0.25, -0.2) is 4.79 Å². The number of esters is 1. The van der Waals surface area contributed by atoms with Gasteiger partial charge in [-0.15, -0.1) is 0 Å². The third kappa shape index (κ3) is 3.98. The van der Waals surface area contributed by atoms with E-state index in [0.717, 1.165) is 16.3 Å². The van der Waals surface area contributed by atoms with Crippen LogP contribution in [0.3, 0.4) is 0 Å². The van der Waals surface area contributed by atoms with Gasteiger partial charge in [0.2, 0.25) is 0 Å². The normalized spacial score (nSPS) is 11.7. The number of fused-ring (bicyclic) bond motifs is 1. The van der Waals surface area contributed by atoms with E-state index in [-0.39, 0.29) is 18.6 Å². The monoisotopic (exact) mass is 377 g/mol. The van der Waals surface area contributed by atoms with Crippen LogP contribution in [-0.4, -0.2) is 37.5 Å². The summed E-state index contributed by atoms with van der Waals surface area (Å²) >= 11 is 0. The maximum Gasteiger partial charge on any atom is 0.339 e. The topological polar surface area (TPSA) is 55.8 Å². The third-order valence-corrected chi connectivity index (χ3v) is 4.91. The largest absolute Gasteiger partial charge is 0.496 e. The molecular weight excluding hydrogens is 354 g/mol. The SMILES string of the molecule is COc1ccc(C(=O)OCC(=O)N(C)[C@H](C)c2ccccc2)c2ccccc12. The van der Waals surface area contributed by atoms with Gasteiger partial charge in [0.1, 0.15) is 5.75 Å². The van der Waals surface area contributed by atoms with Gasteiger partial charge in [-0.3, -0.25) is 4.79 Å². The van der Waals surface area contributed by atoms with E-state index in [1.165, 1.54) is 0 Å². The second kappa shape index (κ2) is 8.57. The fourth-order valence-electron chi connectivity index (χ4n) is 3.11. The van der Waals surface area contributed by atoms with Crippen LogP contribution in [0.2, 0.25) is 0 Å².